The number of rotatable bonds is 3. The van der Waals surface area contributed by atoms with E-state index in [-0.39, 0.29) is 13.0 Å². The average molecular weight is 323 g/mol. The topological polar surface area (TPSA) is 83.5 Å². The number of carbonyl (C=O) groups is 1. The number of nitrogens with one attached hydrogen (secondary N) is 1. The Morgan fingerprint density at radius 2 is 1.90 bits per heavy atom. The van der Waals surface area contributed by atoms with E-state index in [9.17, 15) is 26.4 Å². The molecule has 2 N–H and O–H groups in total. The van der Waals surface area contributed by atoms with Gasteiger partial charge in [0.1, 0.15) is 6.04 Å². The van der Waals surface area contributed by atoms with E-state index in [2.05, 4.69) is 5.32 Å². The number of hydrogen-bond donors (Lipinski definition) is 2. The van der Waals surface area contributed by atoms with E-state index < -0.39 is 43.7 Å². The lowest BCUT2D eigenvalue weighted by Crippen LogP contribution is -2.30. The van der Waals surface area contributed by atoms with Gasteiger partial charge in [0.25, 0.3) is 0 Å². The zero-order chi connectivity index (χ0) is 15.8. The summed E-state index contributed by atoms with van der Waals surface area (Å²) >= 11 is 0. The highest BCUT2D eigenvalue weighted by atomic mass is 32.2. The molecule has 5 nitrogen and oxygen atoms in total. The third kappa shape index (κ3) is 3.03. The second-order valence-electron chi connectivity index (χ2n) is 4.70. The zero-order valence-corrected chi connectivity index (χ0v) is 11.4. The van der Waals surface area contributed by atoms with Crippen molar-refractivity contribution in [1.82, 2.24) is 5.32 Å². The van der Waals surface area contributed by atoms with Crippen LogP contribution in [-0.4, -0.2) is 37.3 Å². The van der Waals surface area contributed by atoms with Crippen LogP contribution in [0, 0.1) is 0 Å². The molecule has 0 saturated carbocycles. The molecule has 1 aromatic rings. The van der Waals surface area contributed by atoms with E-state index in [0.29, 0.717) is 6.07 Å². The van der Waals surface area contributed by atoms with Gasteiger partial charge in [-0.15, -0.1) is 0 Å². The molecule has 1 aromatic carbocycles. The third-order valence-electron chi connectivity index (χ3n) is 3.33. The lowest BCUT2D eigenvalue weighted by molar-refractivity contribution is -0.140. The van der Waals surface area contributed by atoms with Crippen LogP contribution in [0.3, 0.4) is 0 Å². The molecule has 0 radical (unpaired) electrons. The molecule has 0 spiro atoms. The number of benzene rings is 1. The van der Waals surface area contributed by atoms with Crippen LogP contribution >= 0.6 is 0 Å². The van der Waals surface area contributed by atoms with E-state index in [0.717, 1.165) is 12.1 Å². The Bertz CT molecular complexity index is 657. The molecular weight excluding hydrogens is 311 g/mol. The standard InChI is InChI=1S/C12H12F3NO4S/c13-12(14,15)8-3-1-2-4-10(8)21(19,20)7-5-9(11(17)18)16-6-7/h1-4,7,9,16H,5-6H2,(H,17,18)/t7-,9+/m1/s1. The lowest BCUT2D eigenvalue weighted by Gasteiger charge is -2.16. The van der Waals surface area contributed by atoms with E-state index in [1.165, 1.54) is 6.07 Å². The van der Waals surface area contributed by atoms with Gasteiger partial charge in [-0.25, -0.2) is 8.42 Å². The summed E-state index contributed by atoms with van der Waals surface area (Å²) in [5, 5.41) is 10.1. The Morgan fingerprint density at radius 1 is 1.29 bits per heavy atom. The fraction of sp³-hybridized carbons (Fsp3) is 0.417. The van der Waals surface area contributed by atoms with Gasteiger partial charge < -0.3 is 10.4 Å². The molecule has 1 fully saturated rings. The van der Waals surface area contributed by atoms with Gasteiger partial charge in [0.2, 0.25) is 0 Å². The largest absolute Gasteiger partial charge is 0.480 e. The summed E-state index contributed by atoms with van der Waals surface area (Å²) in [6.45, 7) is -0.189. The minimum Gasteiger partial charge on any atom is -0.480 e. The van der Waals surface area contributed by atoms with Crippen molar-refractivity contribution < 1.29 is 31.5 Å². The lowest BCUT2D eigenvalue weighted by atomic mass is 10.2. The molecule has 21 heavy (non-hydrogen) atoms. The number of hydrogen-bond acceptors (Lipinski definition) is 4. The fourth-order valence-corrected chi connectivity index (χ4v) is 4.14. The number of halogens is 3. The summed E-state index contributed by atoms with van der Waals surface area (Å²) in [6.07, 6.45) is -5.05. The predicted octanol–water partition coefficient (Wildman–Crippen LogP) is 1.29. The van der Waals surface area contributed by atoms with Gasteiger partial charge >= 0.3 is 12.1 Å². The zero-order valence-electron chi connectivity index (χ0n) is 10.6. The second kappa shape index (κ2) is 5.30. The Balaban J connectivity index is 2.40. The van der Waals surface area contributed by atoms with Crippen LogP contribution in [0.4, 0.5) is 13.2 Å². The number of carboxylic acid groups (broad SMARTS) is 1. The van der Waals surface area contributed by atoms with Crippen molar-refractivity contribution in [2.75, 3.05) is 6.54 Å². The summed E-state index contributed by atoms with van der Waals surface area (Å²) in [4.78, 5) is 9.99. The Hall–Kier alpha value is -1.61. The third-order valence-corrected chi connectivity index (χ3v) is 5.53. The molecule has 2 rings (SSSR count). The predicted molar refractivity (Wildman–Crippen MR) is 66.5 cm³/mol. The van der Waals surface area contributed by atoms with Crippen molar-refractivity contribution in [1.29, 1.82) is 0 Å². The molecule has 0 amide bonds. The molecule has 0 aromatic heterocycles. The van der Waals surface area contributed by atoms with E-state index in [1.807, 2.05) is 0 Å². The summed E-state index contributed by atoms with van der Waals surface area (Å²) in [5.41, 5.74) is -1.23. The Kier molecular flexibility index (Phi) is 3.98. The van der Waals surface area contributed by atoms with Crippen molar-refractivity contribution in [3.8, 4) is 0 Å². The van der Waals surface area contributed by atoms with Crippen LogP contribution in [0.1, 0.15) is 12.0 Å². The van der Waals surface area contributed by atoms with Crippen molar-refractivity contribution in [3.63, 3.8) is 0 Å². The summed E-state index contributed by atoms with van der Waals surface area (Å²) in [7, 11) is -4.26. The van der Waals surface area contributed by atoms with Crippen molar-refractivity contribution in [2.45, 2.75) is 28.8 Å². The van der Waals surface area contributed by atoms with Gasteiger partial charge in [-0.2, -0.15) is 13.2 Å². The molecule has 2 atom stereocenters. The van der Waals surface area contributed by atoms with Gasteiger partial charge in [0.05, 0.1) is 15.7 Å². The minimum atomic E-state index is -4.79. The van der Waals surface area contributed by atoms with Crippen LogP contribution in [0.25, 0.3) is 0 Å². The molecule has 1 aliphatic rings. The quantitative estimate of drug-likeness (QED) is 0.876. The first-order valence-corrected chi connectivity index (χ1v) is 7.55. The molecule has 116 valence electrons. The number of alkyl halides is 3. The molecule has 0 bridgehead atoms. The smallest absolute Gasteiger partial charge is 0.417 e. The number of carboxylic acids is 1. The Morgan fingerprint density at radius 3 is 2.43 bits per heavy atom. The van der Waals surface area contributed by atoms with Gasteiger partial charge in [-0.05, 0) is 18.6 Å². The van der Waals surface area contributed by atoms with Crippen LogP contribution in [-0.2, 0) is 20.8 Å². The summed E-state index contributed by atoms with van der Waals surface area (Å²) in [5.74, 6) is -1.23. The van der Waals surface area contributed by atoms with Crippen molar-refractivity contribution in [2.24, 2.45) is 0 Å². The normalized spacial score (nSPS) is 23.2. The van der Waals surface area contributed by atoms with E-state index >= 15 is 0 Å². The minimum absolute atomic E-state index is 0.189. The fourth-order valence-electron chi connectivity index (χ4n) is 2.26. The molecule has 0 aliphatic carbocycles. The van der Waals surface area contributed by atoms with Crippen molar-refractivity contribution in [3.05, 3.63) is 29.8 Å². The van der Waals surface area contributed by atoms with Crippen molar-refractivity contribution >= 4 is 15.8 Å². The number of aliphatic carboxylic acids is 1. The van der Waals surface area contributed by atoms with Crippen LogP contribution in [0.2, 0.25) is 0 Å². The van der Waals surface area contributed by atoms with Crippen LogP contribution in [0.15, 0.2) is 29.2 Å². The van der Waals surface area contributed by atoms with Gasteiger partial charge in [-0.3, -0.25) is 4.79 Å². The van der Waals surface area contributed by atoms with E-state index in [1.54, 1.807) is 0 Å². The maximum absolute atomic E-state index is 12.9. The van der Waals surface area contributed by atoms with Gasteiger partial charge in [0, 0.05) is 6.54 Å². The first-order chi connectivity index (χ1) is 9.64. The molecule has 9 heteroatoms. The molecular formula is C12H12F3NO4S. The maximum Gasteiger partial charge on any atom is 0.417 e. The monoisotopic (exact) mass is 323 g/mol. The van der Waals surface area contributed by atoms with Gasteiger partial charge in [0.15, 0.2) is 9.84 Å². The first-order valence-electron chi connectivity index (χ1n) is 6.00. The first kappa shape index (κ1) is 15.8. The highest BCUT2D eigenvalue weighted by Gasteiger charge is 2.42. The average Bonchev–Trinajstić information content (AvgIpc) is 2.88. The van der Waals surface area contributed by atoms with Crippen LogP contribution in [0.5, 0.6) is 0 Å². The molecule has 1 heterocycles. The molecule has 0 unspecified atom stereocenters. The van der Waals surface area contributed by atoms with E-state index in [4.69, 9.17) is 5.11 Å². The SMILES string of the molecule is O=C(O)[C@@H]1C[C@@H](S(=O)(=O)c2ccccc2C(F)(F)F)CN1. The summed E-state index contributed by atoms with van der Waals surface area (Å²) < 4.78 is 63.4. The molecule has 1 saturated heterocycles. The number of sulfone groups is 1. The highest BCUT2D eigenvalue weighted by Crippen LogP contribution is 2.36. The summed E-state index contributed by atoms with van der Waals surface area (Å²) in [6, 6.07) is 2.84. The maximum atomic E-state index is 12.9. The van der Waals surface area contributed by atoms with Crippen LogP contribution < -0.4 is 5.32 Å². The Labute approximate surface area is 118 Å². The molecule has 1 aliphatic heterocycles. The highest BCUT2D eigenvalue weighted by molar-refractivity contribution is 7.92. The van der Waals surface area contributed by atoms with Gasteiger partial charge in [-0.1, -0.05) is 12.1 Å². The second-order valence-corrected chi connectivity index (χ2v) is 6.89.